The van der Waals surface area contributed by atoms with Gasteiger partial charge in [0.05, 0.1) is 4.92 Å². The molecule has 1 amide bonds. The average Bonchev–Trinajstić information content (AvgIpc) is 2.99. The smallest absolute Gasteiger partial charge is 0.270 e. The zero-order valence-electron chi connectivity index (χ0n) is 16.0. The highest BCUT2D eigenvalue weighted by Gasteiger charge is 2.43. The van der Waals surface area contributed by atoms with Crippen molar-refractivity contribution >= 4 is 23.4 Å². The Balaban J connectivity index is 1.64. The van der Waals surface area contributed by atoms with Crippen LogP contribution >= 0.6 is 0 Å². The number of likely N-dealkylation sites (N-methyl/N-ethyl adjacent to an activating group) is 1. The van der Waals surface area contributed by atoms with Gasteiger partial charge in [0, 0.05) is 42.4 Å². The number of nitro groups is 1. The highest BCUT2D eigenvalue weighted by molar-refractivity contribution is 6.06. The van der Waals surface area contributed by atoms with Crippen molar-refractivity contribution < 1.29 is 9.72 Å². The fourth-order valence-electron chi connectivity index (χ4n) is 4.36. The molecule has 0 aliphatic carbocycles. The van der Waals surface area contributed by atoms with Crippen molar-refractivity contribution in [2.24, 2.45) is 0 Å². The van der Waals surface area contributed by atoms with Crippen molar-refractivity contribution in [1.82, 2.24) is 4.90 Å². The summed E-state index contributed by atoms with van der Waals surface area (Å²) in [6, 6.07) is 12.8. The van der Waals surface area contributed by atoms with Crippen molar-refractivity contribution in [2.45, 2.75) is 25.3 Å². The first kappa shape index (κ1) is 18.4. The van der Waals surface area contributed by atoms with E-state index in [1.807, 2.05) is 17.0 Å². The number of amides is 1. The summed E-state index contributed by atoms with van der Waals surface area (Å²) < 4.78 is 0. The van der Waals surface area contributed by atoms with Crippen LogP contribution in [0.4, 0.5) is 11.4 Å². The fraction of sp³-hybridized carbons (Fsp3) is 0.318. The minimum absolute atomic E-state index is 0.0203. The van der Waals surface area contributed by atoms with Crippen molar-refractivity contribution in [3.05, 3.63) is 75.3 Å². The van der Waals surface area contributed by atoms with E-state index in [0.717, 1.165) is 25.2 Å². The molecule has 1 saturated heterocycles. The third kappa shape index (κ3) is 3.31. The van der Waals surface area contributed by atoms with Crippen LogP contribution in [-0.4, -0.2) is 41.9 Å². The van der Waals surface area contributed by atoms with Crippen molar-refractivity contribution in [2.75, 3.05) is 25.0 Å². The maximum Gasteiger partial charge on any atom is 0.270 e. The maximum absolute atomic E-state index is 13.1. The van der Waals surface area contributed by atoms with Gasteiger partial charge in [-0.05, 0) is 50.2 Å². The summed E-state index contributed by atoms with van der Waals surface area (Å²) in [4.78, 5) is 27.9. The fourth-order valence-corrected chi connectivity index (χ4v) is 4.36. The number of rotatable bonds is 3. The average molecular weight is 377 g/mol. The Labute approximate surface area is 164 Å². The predicted molar refractivity (Wildman–Crippen MR) is 109 cm³/mol. The lowest BCUT2D eigenvalue weighted by molar-refractivity contribution is -0.384. The summed E-state index contributed by atoms with van der Waals surface area (Å²) in [6.45, 7) is 3.99. The number of aryl methyl sites for hydroxylation is 1. The minimum Gasteiger partial charge on any atom is -0.306 e. The molecule has 6 heteroatoms. The number of likely N-dealkylation sites (tertiary alicyclic amines) is 1. The predicted octanol–water partition coefficient (Wildman–Crippen LogP) is 3.75. The van der Waals surface area contributed by atoms with E-state index in [9.17, 15) is 14.9 Å². The number of carbonyl (C=O) groups excluding carboxylic acids is 1. The lowest BCUT2D eigenvalue weighted by Crippen LogP contribution is -2.46. The topological polar surface area (TPSA) is 66.7 Å². The van der Waals surface area contributed by atoms with Gasteiger partial charge in [-0.3, -0.25) is 14.9 Å². The summed E-state index contributed by atoms with van der Waals surface area (Å²) >= 11 is 0. The van der Waals surface area contributed by atoms with Crippen LogP contribution in [0.2, 0.25) is 0 Å². The van der Waals surface area contributed by atoms with Crippen LogP contribution in [0.15, 0.2) is 48.5 Å². The van der Waals surface area contributed by atoms with Crippen LogP contribution in [0, 0.1) is 17.0 Å². The van der Waals surface area contributed by atoms with Crippen molar-refractivity contribution in [1.29, 1.82) is 0 Å². The summed E-state index contributed by atoms with van der Waals surface area (Å²) in [7, 11) is 2.12. The van der Waals surface area contributed by atoms with E-state index in [0.29, 0.717) is 11.5 Å². The van der Waals surface area contributed by atoms with Crippen LogP contribution < -0.4 is 4.90 Å². The molecule has 2 aliphatic heterocycles. The molecule has 2 aromatic rings. The zero-order valence-corrected chi connectivity index (χ0v) is 16.0. The molecule has 0 bridgehead atoms. The molecule has 0 unspecified atom stereocenters. The third-order valence-electron chi connectivity index (χ3n) is 5.69. The summed E-state index contributed by atoms with van der Waals surface area (Å²) in [6.07, 6.45) is 4.13. The third-order valence-corrected chi connectivity index (χ3v) is 5.69. The maximum atomic E-state index is 13.1. The first-order valence-electron chi connectivity index (χ1n) is 9.49. The summed E-state index contributed by atoms with van der Waals surface area (Å²) in [5, 5.41) is 11.0. The quantitative estimate of drug-likeness (QED) is 0.464. The van der Waals surface area contributed by atoms with Crippen molar-refractivity contribution in [3.63, 3.8) is 0 Å². The Bertz CT molecular complexity index is 969. The number of anilines is 1. The number of non-ortho nitro benzene ring substituents is 1. The lowest BCUT2D eigenvalue weighted by Gasteiger charge is -2.36. The second-order valence-electron chi connectivity index (χ2n) is 7.68. The van der Waals surface area contributed by atoms with Crippen LogP contribution in [-0.2, 0) is 4.79 Å². The van der Waals surface area contributed by atoms with E-state index in [1.165, 1.54) is 29.3 Å². The normalized spacial score (nSPS) is 21.6. The number of piperidine rings is 1. The number of fused-ring (bicyclic) bond motifs is 3. The Morgan fingerprint density at radius 3 is 2.86 bits per heavy atom. The van der Waals surface area contributed by atoms with E-state index < -0.39 is 4.92 Å². The van der Waals surface area contributed by atoms with E-state index in [2.05, 4.69) is 24.9 Å². The molecule has 1 fully saturated rings. The zero-order chi connectivity index (χ0) is 19.8. The Hall–Kier alpha value is -2.99. The Kier molecular flexibility index (Phi) is 4.73. The molecule has 2 atom stereocenters. The number of carbonyl (C=O) groups is 1. The molecule has 6 nitrogen and oxygen atoms in total. The lowest BCUT2D eigenvalue weighted by atomic mass is 9.89. The van der Waals surface area contributed by atoms with Gasteiger partial charge in [-0.1, -0.05) is 29.8 Å². The van der Waals surface area contributed by atoms with Gasteiger partial charge in [-0.2, -0.15) is 0 Å². The minimum atomic E-state index is -0.429. The molecule has 0 spiro atoms. The van der Waals surface area contributed by atoms with Gasteiger partial charge >= 0.3 is 0 Å². The number of benzene rings is 2. The van der Waals surface area contributed by atoms with Gasteiger partial charge in [-0.25, -0.2) is 0 Å². The molecule has 0 N–H and O–H groups in total. The first-order chi connectivity index (χ1) is 13.4. The highest BCUT2D eigenvalue weighted by atomic mass is 16.6. The highest BCUT2D eigenvalue weighted by Crippen LogP contribution is 2.45. The van der Waals surface area contributed by atoms with Gasteiger partial charge in [0.1, 0.15) is 0 Å². The van der Waals surface area contributed by atoms with Gasteiger partial charge in [-0.15, -0.1) is 0 Å². The van der Waals surface area contributed by atoms with Gasteiger partial charge < -0.3 is 9.80 Å². The molecular formula is C22H23N3O3. The molecule has 4 rings (SSSR count). The van der Waals surface area contributed by atoms with E-state index >= 15 is 0 Å². The van der Waals surface area contributed by atoms with E-state index in [-0.39, 0.29) is 17.6 Å². The molecule has 0 aromatic heterocycles. The van der Waals surface area contributed by atoms with Crippen LogP contribution in [0.5, 0.6) is 0 Å². The second-order valence-corrected chi connectivity index (χ2v) is 7.68. The van der Waals surface area contributed by atoms with Crippen molar-refractivity contribution in [3.8, 4) is 0 Å². The SMILES string of the molecule is Cc1ccc2c(c1)[C@@H]1CN(C)CC[C@@H]1N2C(=O)/C=C/c1cccc([N+](=O)[O-])c1. The van der Waals surface area contributed by atoms with Crippen LogP contribution in [0.1, 0.15) is 29.0 Å². The Morgan fingerprint density at radius 1 is 1.25 bits per heavy atom. The molecule has 0 radical (unpaired) electrons. The molecular weight excluding hydrogens is 354 g/mol. The number of nitro benzene ring substituents is 1. The number of nitrogens with zero attached hydrogens (tertiary/aromatic N) is 3. The van der Waals surface area contributed by atoms with E-state index in [1.54, 1.807) is 18.2 Å². The van der Waals surface area contributed by atoms with Gasteiger partial charge in [0.2, 0.25) is 0 Å². The van der Waals surface area contributed by atoms with E-state index in [4.69, 9.17) is 0 Å². The summed E-state index contributed by atoms with van der Waals surface area (Å²) in [5.74, 6) is 0.248. The monoisotopic (exact) mass is 377 g/mol. The largest absolute Gasteiger partial charge is 0.306 e. The Morgan fingerprint density at radius 2 is 2.07 bits per heavy atom. The van der Waals surface area contributed by atoms with Gasteiger partial charge in [0.25, 0.3) is 11.6 Å². The number of hydrogen-bond donors (Lipinski definition) is 0. The van der Waals surface area contributed by atoms with Crippen LogP contribution in [0.3, 0.4) is 0 Å². The molecule has 2 heterocycles. The van der Waals surface area contributed by atoms with Gasteiger partial charge in [0.15, 0.2) is 0 Å². The molecule has 2 aromatic carbocycles. The number of hydrogen-bond acceptors (Lipinski definition) is 4. The molecule has 28 heavy (non-hydrogen) atoms. The first-order valence-corrected chi connectivity index (χ1v) is 9.49. The summed E-state index contributed by atoms with van der Waals surface area (Å²) in [5.41, 5.74) is 4.10. The standard InChI is InChI=1S/C22H23N3O3/c1-15-6-8-20-18(12-15)19-14-23(2)11-10-21(19)24(20)22(26)9-7-16-4-3-5-17(13-16)25(27)28/h3-9,12-13,19,21H,10-11,14H2,1-2H3/b9-7+/t19-,21-/m0/s1. The van der Waals surface area contributed by atoms with Crippen LogP contribution in [0.25, 0.3) is 6.08 Å². The molecule has 144 valence electrons. The molecule has 0 saturated carbocycles. The molecule has 2 aliphatic rings. The second kappa shape index (κ2) is 7.20.